The van der Waals surface area contributed by atoms with Crippen LogP contribution in [0.5, 0.6) is 0 Å². The third kappa shape index (κ3) is 3.97. The van der Waals surface area contributed by atoms with Crippen molar-refractivity contribution in [2.45, 2.75) is 41.0 Å². The van der Waals surface area contributed by atoms with Crippen molar-refractivity contribution in [1.29, 1.82) is 0 Å². The van der Waals surface area contributed by atoms with Crippen LogP contribution in [0.1, 0.15) is 41.0 Å². The van der Waals surface area contributed by atoms with Crippen molar-refractivity contribution in [3.05, 3.63) is 11.1 Å². The molecule has 0 bridgehead atoms. The summed E-state index contributed by atoms with van der Waals surface area (Å²) in [6.45, 7) is 10.0. The van der Waals surface area contributed by atoms with Crippen molar-refractivity contribution in [2.24, 2.45) is 5.92 Å². The van der Waals surface area contributed by atoms with Gasteiger partial charge >= 0.3 is 0 Å². The van der Waals surface area contributed by atoms with Gasteiger partial charge in [-0.3, -0.25) is 0 Å². The monoisotopic (exact) mass is 154 g/mol. The van der Waals surface area contributed by atoms with E-state index in [0.717, 1.165) is 0 Å². The van der Waals surface area contributed by atoms with Gasteiger partial charge < -0.3 is 4.79 Å². The standard InChI is InChI=1S/C10H18O/c1-7(2)10(5)8(3)6-9(4)11/h8H,6H2,1-5H3. The first kappa shape index (κ1) is 10.4. The van der Waals surface area contributed by atoms with Crippen molar-refractivity contribution in [3.63, 3.8) is 0 Å². The van der Waals surface area contributed by atoms with Gasteiger partial charge in [0.1, 0.15) is 5.78 Å². The Kier molecular flexibility index (Phi) is 4.09. The number of hydrogen-bond donors (Lipinski definition) is 0. The Morgan fingerprint density at radius 3 is 1.91 bits per heavy atom. The minimum Gasteiger partial charge on any atom is -0.300 e. The van der Waals surface area contributed by atoms with Gasteiger partial charge in [0.05, 0.1) is 0 Å². The number of hydrogen-bond acceptors (Lipinski definition) is 1. The minimum atomic E-state index is 0.276. The van der Waals surface area contributed by atoms with E-state index in [1.165, 1.54) is 11.1 Å². The fraction of sp³-hybridized carbons (Fsp3) is 0.700. The number of ketones is 1. The molecule has 0 amide bonds. The smallest absolute Gasteiger partial charge is 0.130 e. The molecular weight excluding hydrogens is 136 g/mol. The molecular formula is C10H18O. The fourth-order valence-electron chi connectivity index (χ4n) is 1.08. The van der Waals surface area contributed by atoms with E-state index in [9.17, 15) is 4.79 Å². The summed E-state index contributed by atoms with van der Waals surface area (Å²) in [5.41, 5.74) is 2.68. The molecule has 64 valence electrons. The molecule has 0 rings (SSSR count). The van der Waals surface area contributed by atoms with Gasteiger partial charge in [-0.25, -0.2) is 0 Å². The van der Waals surface area contributed by atoms with Crippen molar-refractivity contribution < 1.29 is 4.79 Å². The van der Waals surface area contributed by atoms with Crippen LogP contribution in [0.3, 0.4) is 0 Å². The molecule has 0 heterocycles. The first-order chi connectivity index (χ1) is 4.95. The van der Waals surface area contributed by atoms with E-state index in [1.54, 1.807) is 6.92 Å². The quantitative estimate of drug-likeness (QED) is 0.571. The van der Waals surface area contributed by atoms with Crippen molar-refractivity contribution >= 4 is 5.78 Å². The van der Waals surface area contributed by atoms with Crippen molar-refractivity contribution in [2.75, 3.05) is 0 Å². The molecule has 0 radical (unpaired) electrons. The lowest BCUT2D eigenvalue weighted by atomic mass is 9.94. The van der Waals surface area contributed by atoms with Gasteiger partial charge in [-0.1, -0.05) is 18.1 Å². The van der Waals surface area contributed by atoms with E-state index in [2.05, 4.69) is 27.7 Å². The summed E-state index contributed by atoms with van der Waals surface area (Å²) < 4.78 is 0. The Bertz CT molecular complexity index is 173. The van der Waals surface area contributed by atoms with Crippen molar-refractivity contribution in [3.8, 4) is 0 Å². The number of Topliss-reactive ketones (excluding diaryl/α,β-unsaturated/α-hetero) is 1. The van der Waals surface area contributed by atoms with Crippen LogP contribution in [0.25, 0.3) is 0 Å². The lowest BCUT2D eigenvalue weighted by Crippen LogP contribution is -2.03. The largest absolute Gasteiger partial charge is 0.300 e. The minimum absolute atomic E-state index is 0.276. The molecule has 0 aliphatic carbocycles. The molecule has 0 fully saturated rings. The first-order valence-corrected chi connectivity index (χ1v) is 4.08. The number of carbonyl (C=O) groups excluding carboxylic acids is 1. The van der Waals surface area contributed by atoms with E-state index >= 15 is 0 Å². The molecule has 1 atom stereocenters. The lowest BCUT2D eigenvalue weighted by molar-refractivity contribution is -0.117. The molecule has 0 aromatic rings. The van der Waals surface area contributed by atoms with Crippen LogP contribution in [0, 0.1) is 5.92 Å². The van der Waals surface area contributed by atoms with Gasteiger partial charge in [-0.15, -0.1) is 0 Å². The van der Waals surface area contributed by atoms with E-state index in [1.807, 2.05) is 0 Å². The molecule has 0 saturated carbocycles. The highest BCUT2D eigenvalue weighted by atomic mass is 16.1. The SMILES string of the molecule is CC(=O)CC(C)C(C)=C(C)C. The average Bonchev–Trinajstić information content (AvgIpc) is 1.84. The summed E-state index contributed by atoms with van der Waals surface area (Å²) in [6, 6.07) is 0. The number of allylic oxidation sites excluding steroid dienone is 2. The predicted octanol–water partition coefficient (Wildman–Crippen LogP) is 2.96. The highest BCUT2D eigenvalue weighted by Crippen LogP contribution is 2.17. The van der Waals surface area contributed by atoms with Crippen molar-refractivity contribution in [1.82, 2.24) is 0 Å². The normalized spacial score (nSPS) is 12.5. The lowest BCUT2D eigenvalue weighted by Gasteiger charge is -2.11. The molecule has 0 aromatic heterocycles. The third-order valence-corrected chi connectivity index (χ3v) is 2.12. The number of carbonyl (C=O) groups is 1. The second kappa shape index (κ2) is 4.32. The molecule has 0 aliphatic rings. The third-order valence-electron chi connectivity index (χ3n) is 2.12. The van der Waals surface area contributed by atoms with Gasteiger partial charge in [-0.05, 0) is 33.6 Å². The zero-order valence-electron chi connectivity index (χ0n) is 8.19. The molecule has 1 unspecified atom stereocenters. The van der Waals surface area contributed by atoms with E-state index in [0.29, 0.717) is 12.3 Å². The van der Waals surface area contributed by atoms with E-state index < -0.39 is 0 Å². The molecule has 0 spiro atoms. The summed E-state index contributed by atoms with van der Waals surface area (Å²) in [5, 5.41) is 0. The van der Waals surface area contributed by atoms with Crippen LogP contribution in [0.4, 0.5) is 0 Å². The van der Waals surface area contributed by atoms with Crippen LogP contribution >= 0.6 is 0 Å². The Morgan fingerprint density at radius 2 is 1.64 bits per heavy atom. The predicted molar refractivity (Wildman–Crippen MR) is 48.5 cm³/mol. The Labute approximate surface area is 69.5 Å². The molecule has 1 heteroatoms. The van der Waals surface area contributed by atoms with E-state index in [4.69, 9.17) is 0 Å². The Morgan fingerprint density at radius 1 is 1.18 bits per heavy atom. The maximum absolute atomic E-state index is 10.8. The van der Waals surface area contributed by atoms with Crippen LogP contribution in [0.2, 0.25) is 0 Å². The second-order valence-electron chi connectivity index (χ2n) is 3.49. The summed E-state index contributed by atoms with van der Waals surface area (Å²) >= 11 is 0. The molecule has 0 saturated heterocycles. The van der Waals surface area contributed by atoms with Gasteiger partial charge in [0.15, 0.2) is 0 Å². The molecule has 11 heavy (non-hydrogen) atoms. The fourth-order valence-corrected chi connectivity index (χ4v) is 1.08. The van der Waals surface area contributed by atoms with Gasteiger partial charge in [0.2, 0.25) is 0 Å². The maximum atomic E-state index is 10.8. The van der Waals surface area contributed by atoms with Gasteiger partial charge in [0, 0.05) is 6.42 Å². The van der Waals surface area contributed by atoms with Crippen LogP contribution < -0.4 is 0 Å². The zero-order valence-corrected chi connectivity index (χ0v) is 8.19. The highest BCUT2D eigenvalue weighted by Gasteiger charge is 2.07. The van der Waals surface area contributed by atoms with Crippen LogP contribution in [0.15, 0.2) is 11.1 Å². The zero-order chi connectivity index (χ0) is 9.02. The first-order valence-electron chi connectivity index (χ1n) is 4.08. The van der Waals surface area contributed by atoms with Gasteiger partial charge in [0.25, 0.3) is 0 Å². The van der Waals surface area contributed by atoms with Crippen LogP contribution in [-0.4, -0.2) is 5.78 Å². The molecule has 1 nitrogen and oxygen atoms in total. The summed E-state index contributed by atoms with van der Waals surface area (Å²) in [4.78, 5) is 10.8. The maximum Gasteiger partial charge on any atom is 0.130 e. The highest BCUT2D eigenvalue weighted by molar-refractivity contribution is 5.76. The molecule has 0 aliphatic heterocycles. The summed E-state index contributed by atoms with van der Waals surface area (Å²) in [6.07, 6.45) is 0.678. The Hall–Kier alpha value is -0.590. The molecule has 0 N–H and O–H groups in total. The average molecular weight is 154 g/mol. The van der Waals surface area contributed by atoms with E-state index in [-0.39, 0.29) is 5.78 Å². The van der Waals surface area contributed by atoms with Crippen LogP contribution in [-0.2, 0) is 4.79 Å². The summed E-state index contributed by atoms with van der Waals surface area (Å²) in [7, 11) is 0. The Balaban J connectivity index is 4.15. The second-order valence-corrected chi connectivity index (χ2v) is 3.49. The number of rotatable bonds is 3. The summed E-state index contributed by atoms with van der Waals surface area (Å²) in [5.74, 6) is 0.690. The van der Waals surface area contributed by atoms with Gasteiger partial charge in [-0.2, -0.15) is 0 Å². The molecule has 0 aromatic carbocycles. The topological polar surface area (TPSA) is 17.1 Å².